The first-order chi connectivity index (χ1) is 7.47. The fraction of sp³-hybridized carbons (Fsp3) is 0.333. The molecule has 0 atom stereocenters. The Bertz CT molecular complexity index is 409. The SMILES string of the molecule is COc1ncc(CC(=O)O)c(F)c1C(F)F. The van der Waals surface area contributed by atoms with Crippen molar-refractivity contribution in [1.29, 1.82) is 0 Å². The first kappa shape index (κ1) is 12.3. The highest BCUT2D eigenvalue weighted by Crippen LogP contribution is 2.31. The Labute approximate surface area is 88.7 Å². The molecule has 1 aromatic rings. The molecular formula is C9H8F3NO3. The zero-order valence-electron chi connectivity index (χ0n) is 8.21. The smallest absolute Gasteiger partial charge is 0.307 e. The molecule has 0 aromatic carbocycles. The minimum Gasteiger partial charge on any atom is -0.481 e. The molecule has 0 fully saturated rings. The van der Waals surface area contributed by atoms with Crippen molar-refractivity contribution < 1.29 is 27.8 Å². The van der Waals surface area contributed by atoms with Gasteiger partial charge >= 0.3 is 5.97 Å². The number of hydrogen-bond acceptors (Lipinski definition) is 3. The highest BCUT2D eigenvalue weighted by molar-refractivity contribution is 5.70. The maximum atomic E-state index is 13.5. The van der Waals surface area contributed by atoms with Crippen LogP contribution >= 0.6 is 0 Å². The van der Waals surface area contributed by atoms with Crippen LogP contribution in [0.5, 0.6) is 5.88 Å². The van der Waals surface area contributed by atoms with Crippen LogP contribution in [0.15, 0.2) is 6.20 Å². The van der Waals surface area contributed by atoms with Crippen molar-refractivity contribution in [2.24, 2.45) is 0 Å². The van der Waals surface area contributed by atoms with Gasteiger partial charge < -0.3 is 9.84 Å². The van der Waals surface area contributed by atoms with Crippen molar-refractivity contribution in [2.75, 3.05) is 7.11 Å². The Morgan fingerprint density at radius 2 is 2.25 bits per heavy atom. The molecule has 0 aliphatic carbocycles. The fourth-order valence-corrected chi connectivity index (χ4v) is 1.17. The Morgan fingerprint density at radius 3 is 2.69 bits per heavy atom. The van der Waals surface area contributed by atoms with Crippen molar-refractivity contribution >= 4 is 5.97 Å². The number of aliphatic carboxylic acids is 1. The first-order valence-corrected chi connectivity index (χ1v) is 4.18. The summed E-state index contributed by atoms with van der Waals surface area (Å²) >= 11 is 0. The van der Waals surface area contributed by atoms with E-state index in [1.165, 1.54) is 0 Å². The van der Waals surface area contributed by atoms with Gasteiger partial charge in [-0.25, -0.2) is 18.2 Å². The van der Waals surface area contributed by atoms with E-state index in [1.807, 2.05) is 0 Å². The molecule has 1 aromatic heterocycles. The number of carbonyl (C=O) groups is 1. The number of carboxylic acid groups (broad SMARTS) is 1. The molecule has 0 amide bonds. The number of nitrogens with zero attached hydrogens (tertiary/aromatic N) is 1. The second kappa shape index (κ2) is 4.82. The molecule has 0 spiro atoms. The maximum Gasteiger partial charge on any atom is 0.307 e. The molecule has 0 unspecified atom stereocenters. The van der Waals surface area contributed by atoms with Crippen molar-refractivity contribution in [2.45, 2.75) is 12.8 Å². The number of aromatic nitrogens is 1. The molecule has 1 rings (SSSR count). The summed E-state index contributed by atoms with van der Waals surface area (Å²) in [5.41, 5.74) is -1.41. The van der Waals surface area contributed by atoms with Crippen LogP contribution in [0.2, 0.25) is 0 Å². The average Bonchev–Trinajstić information content (AvgIpc) is 2.19. The monoisotopic (exact) mass is 235 g/mol. The second-order valence-corrected chi connectivity index (χ2v) is 2.89. The molecule has 0 saturated carbocycles. The highest BCUT2D eigenvalue weighted by Gasteiger charge is 2.24. The third kappa shape index (κ3) is 2.41. The van der Waals surface area contributed by atoms with E-state index in [1.54, 1.807) is 0 Å². The van der Waals surface area contributed by atoms with Gasteiger partial charge in [0, 0.05) is 11.8 Å². The summed E-state index contributed by atoms with van der Waals surface area (Å²) in [6.45, 7) is 0. The molecule has 88 valence electrons. The van der Waals surface area contributed by atoms with Gasteiger partial charge in [-0.1, -0.05) is 0 Å². The summed E-state index contributed by atoms with van der Waals surface area (Å²) < 4.78 is 42.9. The number of ether oxygens (including phenoxy) is 1. The number of rotatable bonds is 4. The number of pyridine rings is 1. The van der Waals surface area contributed by atoms with Crippen LogP contribution in [-0.4, -0.2) is 23.2 Å². The molecule has 0 aliphatic rings. The van der Waals surface area contributed by atoms with Crippen LogP contribution in [0.1, 0.15) is 17.6 Å². The molecule has 1 heterocycles. The molecule has 7 heteroatoms. The number of halogens is 3. The summed E-state index contributed by atoms with van der Waals surface area (Å²) in [6, 6.07) is 0. The van der Waals surface area contributed by atoms with Crippen LogP contribution in [0.25, 0.3) is 0 Å². The molecule has 16 heavy (non-hydrogen) atoms. The van der Waals surface area contributed by atoms with Gasteiger partial charge in [0.15, 0.2) is 0 Å². The average molecular weight is 235 g/mol. The number of carboxylic acids is 1. The number of methoxy groups -OCH3 is 1. The van der Waals surface area contributed by atoms with Gasteiger partial charge in [0.2, 0.25) is 5.88 Å². The minimum absolute atomic E-state index is 0.399. The van der Waals surface area contributed by atoms with Crippen LogP contribution in [-0.2, 0) is 11.2 Å². The topological polar surface area (TPSA) is 59.4 Å². The van der Waals surface area contributed by atoms with Crippen molar-refractivity contribution in [1.82, 2.24) is 4.98 Å². The summed E-state index contributed by atoms with van der Waals surface area (Å²) in [5.74, 6) is -3.16. The number of alkyl halides is 2. The molecule has 0 bridgehead atoms. The molecule has 0 saturated heterocycles. The maximum absolute atomic E-state index is 13.5. The van der Waals surface area contributed by atoms with E-state index in [-0.39, 0.29) is 0 Å². The normalized spacial score (nSPS) is 10.6. The summed E-state index contributed by atoms with van der Waals surface area (Å²) in [6.07, 6.45) is -2.95. The zero-order chi connectivity index (χ0) is 12.3. The van der Waals surface area contributed by atoms with Gasteiger partial charge in [0.25, 0.3) is 6.43 Å². The van der Waals surface area contributed by atoms with E-state index in [0.29, 0.717) is 0 Å². The predicted octanol–water partition coefficient (Wildman–Crippen LogP) is 1.79. The Morgan fingerprint density at radius 1 is 1.62 bits per heavy atom. The quantitative estimate of drug-likeness (QED) is 0.864. The largest absolute Gasteiger partial charge is 0.481 e. The van der Waals surface area contributed by atoms with Gasteiger partial charge in [0.1, 0.15) is 11.4 Å². The van der Waals surface area contributed by atoms with Crippen molar-refractivity contribution in [3.8, 4) is 5.88 Å². The third-order valence-electron chi connectivity index (χ3n) is 1.84. The summed E-state index contributed by atoms with van der Waals surface area (Å²) in [7, 11) is 1.07. The Kier molecular flexibility index (Phi) is 3.70. The highest BCUT2D eigenvalue weighted by atomic mass is 19.3. The fourth-order valence-electron chi connectivity index (χ4n) is 1.17. The zero-order valence-corrected chi connectivity index (χ0v) is 8.21. The Hall–Kier alpha value is -1.79. The van der Waals surface area contributed by atoms with E-state index < -0.39 is 41.6 Å². The van der Waals surface area contributed by atoms with E-state index in [0.717, 1.165) is 13.3 Å². The van der Waals surface area contributed by atoms with Gasteiger partial charge in [-0.3, -0.25) is 4.79 Å². The van der Waals surface area contributed by atoms with Crippen LogP contribution in [0.3, 0.4) is 0 Å². The second-order valence-electron chi connectivity index (χ2n) is 2.89. The molecule has 4 nitrogen and oxygen atoms in total. The van der Waals surface area contributed by atoms with E-state index >= 15 is 0 Å². The van der Waals surface area contributed by atoms with E-state index in [9.17, 15) is 18.0 Å². The summed E-state index contributed by atoms with van der Waals surface area (Å²) in [5, 5.41) is 8.43. The molecule has 0 radical (unpaired) electrons. The lowest BCUT2D eigenvalue weighted by atomic mass is 10.1. The summed E-state index contributed by atoms with van der Waals surface area (Å²) in [4.78, 5) is 13.8. The Balaban J connectivity index is 3.26. The lowest BCUT2D eigenvalue weighted by molar-refractivity contribution is -0.136. The lowest BCUT2D eigenvalue weighted by Gasteiger charge is -2.09. The van der Waals surface area contributed by atoms with E-state index in [4.69, 9.17) is 5.11 Å². The minimum atomic E-state index is -3.11. The van der Waals surface area contributed by atoms with Gasteiger partial charge in [-0.15, -0.1) is 0 Å². The van der Waals surface area contributed by atoms with Crippen LogP contribution < -0.4 is 4.74 Å². The number of hydrogen-bond donors (Lipinski definition) is 1. The van der Waals surface area contributed by atoms with Crippen LogP contribution in [0.4, 0.5) is 13.2 Å². The van der Waals surface area contributed by atoms with Crippen LogP contribution in [0, 0.1) is 5.82 Å². The standard InChI is InChI=1S/C9H8F3NO3/c1-16-9-6(8(11)12)7(10)4(3-13-9)2-5(14)15/h3,8H,2H2,1H3,(H,14,15). The van der Waals surface area contributed by atoms with Crippen molar-refractivity contribution in [3.63, 3.8) is 0 Å². The molecule has 0 aliphatic heterocycles. The molecular weight excluding hydrogens is 227 g/mol. The van der Waals surface area contributed by atoms with Crippen molar-refractivity contribution in [3.05, 3.63) is 23.1 Å². The molecule has 1 N–H and O–H groups in total. The first-order valence-electron chi connectivity index (χ1n) is 4.18. The lowest BCUT2D eigenvalue weighted by Crippen LogP contribution is -2.08. The van der Waals surface area contributed by atoms with Gasteiger partial charge in [0.05, 0.1) is 13.5 Å². The third-order valence-corrected chi connectivity index (χ3v) is 1.84. The van der Waals surface area contributed by atoms with Gasteiger partial charge in [-0.05, 0) is 0 Å². The van der Waals surface area contributed by atoms with Gasteiger partial charge in [-0.2, -0.15) is 0 Å². The predicted molar refractivity (Wildman–Crippen MR) is 47.0 cm³/mol. The van der Waals surface area contributed by atoms with E-state index in [2.05, 4.69) is 9.72 Å².